The molecular formula is C16H28N4O. The Morgan fingerprint density at radius 1 is 1.43 bits per heavy atom. The second kappa shape index (κ2) is 6.60. The molecule has 21 heavy (non-hydrogen) atoms. The number of carbonyl (C=O) groups is 1. The maximum absolute atomic E-state index is 12.6. The smallest absolute Gasteiger partial charge is 0.245 e. The molecule has 118 valence electrons. The molecule has 1 aromatic rings. The minimum Gasteiger partial charge on any atom is -0.344 e. The fraction of sp³-hybridized carbons (Fsp3) is 0.750. The van der Waals surface area contributed by atoms with Gasteiger partial charge in [-0.1, -0.05) is 13.8 Å². The number of hydrogen-bond donors (Lipinski definition) is 1. The zero-order chi connectivity index (χ0) is 15.6. The molecule has 0 radical (unpaired) electrons. The molecule has 2 rings (SSSR count). The third-order valence-electron chi connectivity index (χ3n) is 4.18. The van der Waals surface area contributed by atoms with Crippen LogP contribution in [0.2, 0.25) is 0 Å². The number of likely N-dealkylation sites (N-methyl/N-ethyl adjacent to an activating group) is 1. The standard InChI is InChI=1S/C16H28N4O/c1-6-19(5)16(21)12(4)20-14-7-8-17-10-13(14)18-15(20)9-11(2)3/h11-12,17H,6-10H2,1-5H3. The summed E-state index contributed by atoms with van der Waals surface area (Å²) in [4.78, 5) is 19.2. The molecular weight excluding hydrogens is 264 g/mol. The van der Waals surface area contributed by atoms with E-state index in [-0.39, 0.29) is 11.9 Å². The Morgan fingerprint density at radius 2 is 2.14 bits per heavy atom. The molecule has 0 saturated heterocycles. The number of nitrogens with zero attached hydrogens (tertiary/aromatic N) is 3. The molecule has 2 heterocycles. The molecule has 0 bridgehead atoms. The highest BCUT2D eigenvalue weighted by atomic mass is 16.2. The van der Waals surface area contributed by atoms with Crippen molar-refractivity contribution in [3.8, 4) is 0 Å². The molecule has 1 N–H and O–H groups in total. The molecule has 1 amide bonds. The van der Waals surface area contributed by atoms with Gasteiger partial charge in [0, 0.05) is 45.2 Å². The van der Waals surface area contributed by atoms with Crippen LogP contribution in [0.15, 0.2) is 0 Å². The minimum atomic E-state index is -0.168. The van der Waals surface area contributed by atoms with Crippen LogP contribution >= 0.6 is 0 Å². The summed E-state index contributed by atoms with van der Waals surface area (Å²) in [5, 5.41) is 3.37. The average Bonchev–Trinajstić information content (AvgIpc) is 2.81. The molecule has 0 spiro atoms. The number of hydrogen-bond acceptors (Lipinski definition) is 3. The van der Waals surface area contributed by atoms with E-state index in [2.05, 4.69) is 23.7 Å². The first-order chi connectivity index (χ1) is 9.95. The molecule has 0 saturated carbocycles. The second-order valence-corrected chi connectivity index (χ2v) is 6.34. The molecule has 0 aromatic carbocycles. The highest BCUT2D eigenvalue weighted by Crippen LogP contribution is 2.24. The van der Waals surface area contributed by atoms with Crippen molar-refractivity contribution in [3.63, 3.8) is 0 Å². The summed E-state index contributed by atoms with van der Waals surface area (Å²) in [5.41, 5.74) is 2.37. The Morgan fingerprint density at radius 3 is 2.76 bits per heavy atom. The third kappa shape index (κ3) is 3.28. The van der Waals surface area contributed by atoms with Crippen molar-refractivity contribution in [1.29, 1.82) is 0 Å². The fourth-order valence-corrected chi connectivity index (χ4v) is 2.94. The molecule has 1 aromatic heterocycles. The van der Waals surface area contributed by atoms with Crippen LogP contribution in [-0.2, 0) is 24.2 Å². The zero-order valence-corrected chi connectivity index (χ0v) is 13.9. The Balaban J connectivity index is 2.39. The minimum absolute atomic E-state index is 0.168. The largest absolute Gasteiger partial charge is 0.344 e. The molecule has 1 aliphatic rings. The van der Waals surface area contributed by atoms with Gasteiger partial charge in [-0.3, -0.25) is 4.79 Å². The van der Waals surface area contributed by atoms with Crippen LogP contribution in [0.5, 0.6) is 0 Å². The molecule has 1 unspecified atom stereocenters. The van der Waals surface area contributed by atoms with Gasteiger partial charge < -0.3 is 14.8 Å². The number of nitrogens with one attached hydrogen (secondary N) is 1. The summed E-state index contributed by atoms with van der Waals surface area (Å²) in [6, 6.07) is -0.168. The molecule has 0 aliphatic carbocycles. The first kappa shape index (κ1) is 16.0. The quantitative estimate of drug-likeness (QED) is 0.900. The number of aromatic nitrogens is 2. The van der Waals surface area contributed by atoms with Gasteiger partial charge in [0.15, 0.2) is 0 Å². The van der Waals surface area contributed by atoms with E-state index >= 15 is 0 Å². The fourth-order valence-electron chi connectivity index (χ4n) is 2.94. The second-order valence-electron chi connectivity index (χ2n) is 6.34. The summed E-state index contributed by atoms with van der Waals surface area (Å²) in [6.45, 7) is 10.9. The first-order valence-electron chi connectivity index (χ1n) is 8.00. The van der Waals surface area contributed by atoms with Crippen LogP contribution in [-0.4, -0.2) is 40.5 Å². The number of rotatable bonds is 5. The maximum Gasteiger partial charge on any atom is 0.245 e. The van der Waals surface area contributed by atoms with Crippen molar-refractivity contribution in [1.82, 2.24) is 19.8 Å². The summed E-state index contributed by atoms with van der Waals surface area (Å²) < 4.78 is 2.20. The van der Waals surface area contributed by atoms with Gasteiger partial charge in [-0.25, -0.2) is 4.98 Å². The normalized spacial score (nSPS) is 15.9. The van der Waals surface area contributed by atoms with Crippen LogP contribution in [0.3, 0.4) is 0 Å². The van der Waals surface area contributed by atoms with E-state index in [1.54, 1.807) is 4.90 Å². The van der Waals surface area contributed by atoms with Gasteiger partial charge in [-0.05, 0) is 19.8 Å². The van der Waals surface area contributed by atoms with E-state index in [1.165, 1.54) is 5.69 Å². The third-order valence-corrected chi connectivity index (χ3v) is 4.18. The van der Waals surface area contributed by atoms with E-state index < -0.39 is 0 Å². The van der Waals surface area contributed by atoms with E-state index in [9.17, 15) is 4.79 Å². The predicted molar refractivity (Wildman–Crippen MR) is 84.2 cm³/mol. The van der Waals surface area contributed by atoms with Gasteiger partial charge in [0.1, 0.15) is 11.9 Å². The number of carbonyl (C=O) groups excluding carboxylic acids is 1. The van der Waals surface area contributed by atoms with Gasteiger partial charge in [0.05, 0.1) is 5.69 Å². The van der Waals surface area contributed by atoms with E-state index in [0.717, 1.165) is 44.0 Å². The number of amides is 1. The average molecular weight is 292 g/mol. The molecule has 1 atom stereocenters. The highest BCUT2D eigenvalue weighted by molar-refractivity contribution is 5.80. The Kier molecular flexibility index (Phi) is 5.04. The highest BCUT2D eigenvalue weighted by Gasteiger charge is 2.27. The summed E-state index contributed by atoms with van der Waals surface area (Å²) in [6.07, 6.45) is 1.87. The van der Waals surface area contributed by atoms with E-state index in [4.69, 9.17) is 4.98 Å². The molecule has 1 aliphatic heterocycles. The van der Waals surface area contributed by atoms with E-state index in [1.807, 2.05) is 20.9 Å². The SMILES string of the molecule is CCN(C)C(=O)C(C)n1c(CC(C)C)nc2c1CCNC2. The Bertz CT molecular complexity index is 507. The Labute approximate surface area is 127 Å². The number of fused-ring (bicyclic) bond motifs is 1. The van der Waals surface area contributed by atoms with Crippen molar-refractivity contribution in [3.05, 3.63) is 17.2 Å². The van der Waals surface area contributed by atoms with Crippen molar-refractivity contribution >= 4 is 5.91 Å². The van der Waals surface area contributed by atoms with Crippen molar-refractivity contribution < 1.29 is 4.79 Å². The van der Waals surface area contributed by atoms with Gasteiger partial charge in [-0.2, -0.15) is 0 Å². The summed E-state index contributed by atoms with van der Waals surface area (Å²) >= 11 is 0. The van der Waals surface area contributed by atoms with Crippen molar-refractivity contribution in [2.24, 2.45) is 5.92 Å². The van der Waals surface area contributed by atoms with Crippen molar-refractivity contribution in [2.45, 2.75) is 53.1 Å². The van der Waals surface area contributed by atoms with Crippen molar-refractivity contribution in [2.75, 3.05) is 20.1 Å². The lowest BCUT2D eigenvalue weighted by atomic mass is 10.1. The monoisotopic (exact) mass is 292 g/mol. The van der Waals surface area contributed by atoms with Crippen LogP contribution in [0.4, 0.5) is 0 Å². The lowest BCUT2D eigenvalue weighted by Gasteiger charge is -2.25. The summed E-state index contributed by atoms with van der Waals surface area (Å²) in [7, 11) is 1.87. The summed E-state index contributed by atoms with van der Waals surface area (Å²) in [5.74, 6) is 1.76. The Hall–Kier alpha value is -1.36. The maximum atomic E-state index is 12.6. The van der Waals surface area contributed by atoms with Crippen LogP contribution in [0.25, 0.3) is 0 Å². The van der Waals surface area contributed by atoms with E-state index in [0.29, 0.717) is 5.92 Å². The van der Waals surface area contributed by atoms with Crippen LogP contribution in [0.1, 0.15) is 50.9 Å². The van der Waals surface area contributed by atoms with Gasteiger partial charge in [-0.15, -0.1) is 0 Å². The first-order valence-corrected chi connectivity index (χ1v) is 8.00. The van der Waals surface area contributed by atoms with Gasteiger partial charge in [0.25, 0.3) is 0 Å². The molecule has 0 fully saturated rings. The van der Waals surface area contributed by atoms with Crippen LogP contribution < -0.4 is 5.32 Å². The van der Waals surface area contributed by atoms with Gasteiger partial charge in [0.2, 0.25) is 5.91 Å². The van der Waals surface area contributed by atoms with Crippen LogP contribution in [0, 0.1) is 5.92 Å². The number of imidazole rings is 1. The van der Waals surface area contributed by atoms with Gasteiger partial charge >= 0.3 is 0 Å². The lowest BCUT2D eigenvalue weighted by molar-refractivity contribution is -0.132. The zero-order valence-electron chi connectivity index (χ0n) is 13.9. The molecule has 5 nitrogen and oxygen atoms in total. The molecule has 5 heteroatoms. The predicted octanol–water partition coefficient (Wildman–Crippen LogP) is 1.77. The lowest BCUT2D eigenvalue weighted by Crippen LogP contribution is -2.35. The topological polar surface area (TPSA) is 50.2 Å².